The van der Waals surface area contributed by atoms with E-state index in [4.69, 9.17) is 26.3 Å². The summed E-state index contributed by atoms with van der Waals surface area (Å²) in [7, 11) is 0. The van der Waals surface area contributed by atoms with Crippen molar-refractivity contribution in [3.8, 4) is 56.8 Å². The largest absolute Gasteiger partial charge is 0.457 e. The van der Waals surface area contributed by atoms with E-state index in [0.717, 1.165) is 61.2 Å². The van der Waals surface area contributed by atoms with Crippen LogP contribution in [-0.2, 0) is 5.41 Å². The van der Waals surface area contributed by atoms with Crippen LogP contribution >= 0.6 is 0 Å². The summed E-state index contributed by atoms with van der Waals surface area (Å²) >= 11 is 0. The van der Waals surface area contributed by atoms with E-state index in [1.54, 1.807) is 12.1 Å². The van der Waals surface area contributed by atoms with Crippen LogP contribution in [0.2, 0.25) is 0 Å². The molecule has 0 saturated carbocycles. The van der Waals surface area contributed by atoms with Gasteiger partial charge in [0.15, 0.2) is 23.2 Å². The predicted octanol–water partition coefficient (Wildman–Crippen LogP) is 12.7. The van der Waals surface area contributed by atoms with Crippen LogP contribution < -0.4 is 4.74 Å². The lowest BCUT2D eigenvalue weighted by molar-refractivity contribution is 0.435. The average Bonchev–Trinajstić information content (AvgIpc) is 3.28. The summed E-state index contributed by atoms with van der Waals surface area (Å²) < 4.78 is 6.74. The number of hydrogen-bond acceptors (Lipinski definition) is 4. The Hall–Kier alpha value is -7.68. The standard InChI is InChI=1S/C51H32N4O/c1-52-41-30-27-37(28-31-41)49-53-48(54-50(55-49)43-20-12-14-35-13-8-9-19-42(35)43)36-25-23-34(24-26-36)38-29-32-45-47(33-38)56-46-22-11-10-21-44(46)51(45,39-15-4-2-5-16-39)40-17-6-3-7-18-40/h2-33H. The third kappa shape index (κ3) is 5.52. The summed E-state index contributed by atoms with van der Waals surface area (Å²) in [5.74, 6) is 3.37. The van der Waals surface area contributed by atoms with Crippen LogP contribution in [0, 0.1) is 6.57 Å². The molecule has 56 heavy (non-hydrogen) atoms. The summed E-state index contributed by atoms with van der Waals surface area (Å²) in [4.78, 5) is 18.5. The van der Waals surface area contributed by atoms with Gasteiger partial charge in [-0.2, -0.15) is 0 Å². The van der Waals surface area contributed by atoms with E-state index in [0.29, 0.717) is 23.2 Å². The first kappa shape index (κ1) is 32.9. The maximum Gasteiger partial charge on any atom is 0.187 e. The molecule has 0 unspecified atom stereocenters. The van der Waals surface area contributed by atoms with Crippen molar-refractivity contribution < 1.29 is 4.74 Å². The molecule has 262 valence electrons. The molecule has 9 aromatic rings. The maximum absolute atomic E-state index is 7.41. The van der Waals surface area contributed by atoms with Crippen LogP contribution in [0.4, 0.5) is 5.69 Å². The number of fused-ring (bicyclic) bond motifs is 3. The number of nitrogens with zero attached hydrogens (tertiary/aromatic N) is 4. The monoisotopic (exact) mass is 716 g/mol. The zero-order valence-electron chi connectivity index (χ0n) is 30.2. The molecule has 0 aliphatic carbocycles. The number of ether oxygens (including phenoxy) is 1. The van der Waals surface area contributed by atoms with Crippen molar-refractivity contribution >= 4 is 16.5 Å². The molecule has 0 radical (unpaired) electrons. The average molecular weight is 717 g/mol. The highest BCUT2D eigenvalue weighted by molar-refractivity contribution is 5.95. The molecular weight excluding hydrogens is 685 g/mol. The van der Waals surface area contributed by atoms with Gasteiger partial charge in [-0.1, -0.05) is 182 Å². The van der Waals surface area contributed by atoms with Crippen molar-refractivity contribution in [3.05, 3.63) is 228 Å². The summed E-state index contributed by atoms with van der Waals surface area (Å²) in [6, 6.07) is 66.6. The van der Waals surface area contributed by atoms with Crippen LogP contribution in [0.15, 0.2) is 194 Å². The van der Waals surface area contributed by atoms with Gasteiger partial charge in [0.05, 0.1) is 12.0 Å². The number of rotatable bonds is 6. The normalized spacial score (nSPS) is 12.6. The van der Waals surface area contributed by atoms with Gasteiger partial charge in [0.2, 0.25) is 0 Å². The second-order valence-corrected chi connectivity index (χ2v) is 13.9. The predicted molar refractivity (Wildman–Crippen MR) is 224 cm³/mol. The van der Waals surface area contributed by atoms with Gasteiger partial charge in [-0.3, -0.25) is 0 Å². The number of hydrogen-bond donors (Lipinski definition) is 0. The van der Waals surface area contributed by atoms with Gasteiger partial charge >= 0.3 is 0 Å². The van der Waals surface area contributed by atoms with E-state index < -0.39 is 5.41 Å². The zero-order chi connectivity index (χ0) is 37.5. The molecule has 10 rings (SSSR count). The molecule has 0 atom stereocenters. The van der Waals surface area contributed by atoms with Gasteiger partial charge < -0.3 is 4.74 Å². The van der Waals surface area contributed by atoms with Crippen LogP contribution in [0.1, 0.15) is 22.3 Å². The number of aromatic nitrogens is 3. The van der Waals surface area contributed by atoms with E-state index in [1.807, 2.05) is 36.4 Å². The third-order valence-corrected chi connectivity index (χ3v) is 10.7. The fraction of sp³-hybridized carbons (Fsp3) is 0.0196. The molecule has 1 aliphatic heterocycles. The Kier molecular flexibility index (Phi) is 8.01. The zero-order valence-corrected chi connectivity index (χ0v) is 30.2. The maximum atomic E-state index is 7.41. The lowest BCUT2D eigenvalue weighted by atomic mass is 9.63. The molecular formula is C51H32N4O. The Labute approximate surface area is 325 Å². The van der Waals surface area contributed by atoms with Crippen LogP contribution in [-0.4, -0.2) is 15.0 Å². The topological polar surface area (TPSA) is 52.3 Å². The SMILES string of the molecule is [C-]#[N+]c1ccc(-c2nc(-c3ccc(-c4ccc5c(c4)Oc4ccccc4C5(c4ccccc4)c4ccccc4)cc3)nc(-c3cccc4ccccc34)n2)cc1. The number of benzene rings is 8. The van der Waals surface area contributed by atoms with Gasteiger partial charge in [-0.25, -0.2) is 19.8 Å². The van der Waals surface area contributed by atoms with Gasteiger partial charge in [-0.15, -0.1) is 0 Å². The molecule has 0 amide bonds. The van der Waals surface area contributed by atoms with Crippen molar-refractivity contribution in [1.82, 2.24) is 15.0 Å². The molecule has 5 nitrogen and oxygen atoms in total. The Balaban J connectivity index is 1.08. The van der Waals surface area contributed by atoms with Crippen LogP contribution in [0.25, 0.3) is 60.9 Å². The van der Waals surface area contributed by atoms with Crippen LogP contribution in [0.3, 0.4) is 0 Å². The highest BCUT2D eigenvalue weighted by Gasteiger charge is 2.45. The molecule has 0 bridgehead atoms. The first-order valence-electron chi connectivity index (χ1n) is 18.5. The van der Waals surface area contributed by atoms with E-state index in [2.05, 4.69) is 150 Å². The van der Waals surface area contributed by atoms with E-state index in [1.165, 1.54) is 11.1 Å². The van der Waals surface area contributed by atoms with Crippen molar-refractivity contribution in [3.63, 3.8) is 0 Å². The minimum absolute atomic E-state index is 0.547. The molecule has 1 aliphatic rings. The lowest BCUT2D eigenvalue weighted by Crippen LogP contribution is -2.34. The fourth-order valence-corrected chi connectivity index (χ4v) is 8.06. The molecule has 1 aromatic heterocycles. The summed E-state index contributed by atoms with van der Waals surface area (Å²) in [6.45, 7) is 7.41. The van der Waals surface area contributed by atoms with E-state index >= 15 is 0 Å². The van der Waals surface area contributed by atoms with Gasteiger partial charge in [0.25, 0.3) is 0 Å². The Morgan fingerprint density at radius 3 is 1.66 bits per heavy atom. The number of para-hydroxylation sites is 1. The molecule has 8 aromatic carbocycles. The second kappa shape index (κ2) is 13.6. The highest BCUT2D eigenvalue weighted by atomic mass is 16.5. The Morgan fingerprint density at radius 1 is 0.429 bits per heavy atom. The smallest absolute Gasteiger partial charge is 0.187 e. The van der Waals surface area contributed by atoms with Gasteiger partial charge in [0, 0.05) is 27.8 Å². The molecule has 5 heteroatoms. The van der Waals surface area contributed by atoms with E-state index in [9.17, 15) is 0 Å². The fourth-order valence-electron chi connectivity index (χ4n) is 8.06. The Bertz CT molecular complexity index is 2890. The minimum Gasteiger partial charge on any atom is -0.457 e. The van der Waals surface area contributed by atoms with E-state index in [-0.39, 0.29) is 0 Å². The van der Waals surface area contributed by atoms with Crippen LogP contribution in [0.5, 0.6) is 11.5 Å². The Morgan fingerprint density at radius 2 is 0.964 bits per heavy atom. The van der Waals surface area contributed by atoms with Crippen molar-refractivity contribution in [2.24, 2.45) is 0 Å². The molecule has 2 heterocycles. The quantitative estimate of drug-likeness (QED) is 0.161. The minimum atomic E-state index is -0.566. The summed E-state index contributed by atoms with van der Waals surface area (Å²) in [5, 5.41) is 2.18. The highest BCUT2D eigenvalue weighted by Crippen LogP contribution is 2.55. The van der Waals surface area contributed by atoms with Gasteiger partial charge in [-0.05, 0) is 45.2 Å². The van der Waals surface area contributed by atoms with Crippen molar-refractivity contribution in [2.75, 3.05) is 0 Å². The molecule has 0 N–H and O–H groups in total. The lowest BCUT2D eigenvalue weighted by Gasteiger charge is -2.41. The third-order valence-electron chi connectivity index (χ3n) is 10.7. The molecule has 0 fully saturated rings. The first-order chi connectivity index (χ1) is 27.7. The molecule has 0 spiro atoms. The van der Waals surface area contributed by atoms with Crippen molar-refractivity contribution in [1.29, 1.82) is 0 Å². The van der Waals surface area contributed by atoms with Crippen molar-refractivity contribution in [2.45, 2.75) is 5.41 Å². The van der Waals surface area contributed by atoms with Gasteiger partial charge in [0.1, 0.15) is 11.5 Å². The summed E-state index contributed by atoms with van der Waals surface area (Å²) in [5.41, 5.74) is 9.27. The second-order valence-electron chi connectivity index (χ2n) is 13.9. The molecule has 0 saturated heterocycles. The summed E-state index contributed by atoms with van der Waals surface area (Å²) in [6.07, 6.45) is 0. The first-order valence-corrected chi connectivity index (χ1v) is 18.5.